The van der Waals surface area contributed by atoms with Gasteiger partial charge in [-0.3, -0.25) is 4.79 Å². The van der Waals surface area contributed by atoms with Gasteiger partial charge in [-0.1, -0.05) is 68.5 Å². The molecule has 0 amide bonds. The largest absolute Gasteiger partial charge is 0.469 e. The van der Waals surface area contributed by atoms with E-state index in [0.717, 1.165) is 12.8 Å². The third-order valence-corrected chi connectivity index (χ3v) is 5.08. The van der Waals surface area contributed by atoms with Gasteiger partial charge in [-0.15, -0.1) is 0 Å². The van der Waals surface area contributed by atoms with Gasteiger partial charge in [0, 0.05) is 6.42 Å². The quantitative estimate of drug-likeness (QED) is 0.308. The fourth-order valence-electron chi connectivity index (χ4n) is 3.82. The maximum atomic E-state index is 11.6. The van der Waals surface area contributed by atoms with Crippen LogP contribution in [-0.4, -0.2) is 24.3 Å². The van der Waals surface area contributed by atoms with Crippen LogP contribution < -0.4 is 0 Å². The first-order valence-electron chi connectivity index (χ1n) is 10.1. The Labute approximate surface area is 169 Å². The van der Waals surface area contributed by atoms with E-state index in [9.17, 15) is 4.79 Å². The number of methoxy groups -OCH3 is 1. The van der Waals surface area contributed by atoms with Gasteiger partial charge in [-0.25, -0.2) is 9.78 Å². The molecule has 1 saturated heterocycles. The minimum atomic E-state index is -0.623. The highest BCUT2D eigenvalue weighted by Crippen LogP contribution is 2.41. The lowest BCUT2D eigenvalue weighted by Crippen LogP contribution is -2.32. The molecule has 0 saturated carbocycles. The fourth-order valence-corrected chi connectivity index (χ4v) is 3.82. The number of carbonyl (C=O) groups is 1. The van der Waals surface area contributed by atoms with E-state index in [-0.39, 0.29) is 12.4 Å². The predicted octanol–water partition coefficient (Wildman–Crippen LogP) is 5.74. The lowest BCUT2D eigenvalue weighted by Gasteiger charge is -2.24. The molecule has 28 heavy (non-hydrogen) atoms. The number of hydrogen-bond acceptors (Lipinski definition) is 4. The van der Waals surface area contributed by atoms with Gasteiger partial charge in [0.2, 0.25) is 0 Å². The van der Waals surface area contributed by atoms with Gasteiger partial charge in [0.15, 0.2) is 0 Å². The Hall–Kier alpha value is -1.91. The summed E-state index contributed by atoms with van der Waals surface area (Å²) < 4.78 is 4.76. The summed E-state index contributed by atoms with van der Waals surface area (Å²) in [4.78, 5) is 22.7. The molecule has 1 aromatic carbocycles. The molecule has 0 radical (unpaired) electrons. The van der Waals surface area contributed by atoms with Crippen molar-refractivity contribution in [3.05, 3.63) is 54.1 Å². The summed E-state index contributed by atoms with van der Waals surface area (Å²) in [5.41, 5.74) is 0.209. The van der Waals surface area contributed by atoms with Crippen LogP contribution in [0, 0.1) is 11.8 Å². The van der Waals surface area contributed by atoms with Crippen LogP contribution in [0.4, 0.5) is 0 Å². The van der Waals surface area contributed by atoms with Crippen LogP contribution in [0.2, 0.25) is 0 Å². The van der Waals surface area contributed by atoms with Gasteiger partial charge in [-0.05, 0) is 44.1 Å². The molecule has 0 spiro atoms. The van der Waals surface area contributed by atoms with Gasteiger partial charge in [0.1, 0.15) is 11.2 Å². The summed E-state index contributed by atoms with van der Waals surface area (Å²) in [5.74, 6) is 0.564. The molecular formula is C24H34O4. The Morgan fingerprint density at radius 3 is 2.46 bits per heavy atom. The van der Waals surface area contributed by atoms with Gasteiger partial charge in [-0.2, -0.15) is 0 Å². The number of carbonyl (C=O) groups excluding carboxylic acids is 1. The molecule has 0 N–H and O–H groups in total. The Bertz CT molecular complexity index is 681. The summed E-state index contributed by atoms with van der Waals surface area (Å²) in [7, 11) is 1.39. The normalized spacial score (nSPS) is 27.3. The minimum absolute atomic E-state index is 0.203. The van der Waals surface area contributed by atoms with Crippen molar-refractivity contribution in [2.45, 2.75) is 64.6 Å². The maximum absolute atomic E-state index is 11.6. The topological polar surface area (TPSA) is 44.8 Å². The van der Waals surface area contributed by atoms with Crippen molar-refractivity contribution < 1.29 is 19.3 Å². The average molecular weight is 387 g/mol. The number of benzene rings is 1. The number of rotatable bonds is 9. The van der Waals surface area contributed by atoms with E-state index >= 15 is 0 Å². The van der Waals surface area contributed by atoms with Crippen molar-refractivity contribution in [3.8, 4) is 0 Å². The number of esters is 1. The number of hydrogen-bond donors (Lipinski definition) is 0. The second-order valence-corrected chi connectivity index (χ2v) is 8.59. The Balaban J connectivity index is 1.79. The first-order valence-corrected chi connectivity index (χ1v) is 10.1. The van der Waals surface area contributed by atoms with Crippen LogP contribution in [0.3, 0.4) is 0 Å². The van der Waals surface area contributed by atoms with Crippen LogP contribution >= 0.6 is 0 Å². The van der Waals surface area contributed by atoms with E-state index in [1.807, 2.05) is 19.9 Å². The second-order valence-electron chi connectivity index (χ2n) is 8.59. The third-order valence-electron chi connectivity index (χ3n) is 5.08. The van der Waals surface area contributed by atoms with Crippen LogP contribution in [-0.2, 0) is 19.3 Å². The second kappa shape index (κ2) is 10.0. The highest BCUT2D eigenvalue weighted by molar-refractivity contribution is 5.70. The van der Waals surface area contributed by atoms with Crippen molar-refractivity contribution in [1.29, 1.82) is 0 Å². The van der Waals surface area contributed by atoms with Gasteiger partial charge < -0.3 is 4.74 Å². The van der Waals surface area contributed by atoms with Gasteiger partial charge in [0.25, 0.3) is 0 Å². The molecule has 1 heterocycles. The molecule has 4 heteroatoms. The zero-order valence-electron chi connectivity index (χ0n) is 17.8. The zero-order chi connectivity index (χ0) is 20.6. The highest BCUT2D eigenvalue weighted by Gasteiger charge is 2.47. The van der Waals surface area contributed by atoms with Crippen molar-refractivity contribution in [2.75, 3.05) is 7.11 Å². The monoisotopic (exact) mass is 386 g/mol. The summed E-state index contributed by atoms with van der Waals surface area (Å²) in [6.45, 7) is 8.36. The molecule has 0 unspecified atom stereocenters. The molecule has 154 valence electrons. The van der Waals surface area contributed by atoms with E-state index in [1.54, 1.807) is 0 Å². The molecule has 1 aliphatic rings. The molecule has 0 aliphatic carbocycles. The SMILES string of the molecule is COC(=O)C[C@]1(C)C[C@](C)(C[C@@H](C)/C=C/C[C@H](C)/C=C/c2ccccc2)OO1. The first kappa shape index (κ1) is 22.4. The maximum Gasteiger partial charge on any atom is 0.308 e. The molecule has 4 atom stereocenters. The molecule has 4 nitrogen and oxygen atoms in total. The Kier molecular flexibility index (Phi) is 8.02. The summed E-state index contributed by atoms with van der Waals surface area (Å²) in [5, 5.41) is 0. The fraction of sp³-hybridized carbons (Fsp3) is 0.542. The van der Waals surface area contributed by atoms with Crippen molar-refractivity contribution in [1.82, 2.24) is 0 Å². The molecule has 0 bridgehead atoms. The van der Waals surface area contributed by atoms with E-state index in [0.29, 0.717) is 18.3 Å². The van der Waals surface area contributed by atoms with Crippen molar-refractivity contribution in [2.24, 2.45) is 11.8 Å². The molecule has 2 rings (SSSR count). The first-order chi connectivity index (χ1) is 13.2. The molecule has 1 aromatic rings. The highest BCUT2D eigenvalue weighted by atomic mass is 17.2. The van der Waals surface area contributed by atoms with Crippen molar-refractivity contribution >= 4 is 12.0 Å². The lowest BCUT2D eigenvalue weighted by molar-refractivity contribution is -0.346. The van der Waals surface area contributed by atoms with E-state index < -0.39 is 11.2 Å². The van der Waals surface area contributed by atoms with Crippen LogP contribution in [0.15, 0.2) is 48.6 Å². The summed E-state index contributed by atoms with van der Waals surface area (Å²) in [6.07, 6.45) is 11.6. The van der Waals surface area contributed by atoms with Gasteiger partial charge in [0.05, 0.1) is 13.5 Å². The minimum Gasteiger partial charge on any atom is -0.469 e. The van der Waals surface area contributed by atoms with Gasteiger partial charge >= 0.3 is 5.97 Å². The van der Waals surface area contributed by atoms with E-state index in [4.69, 9.17) is 14.5 Å². The third kappa shape index (κ3) is 7.25. The summed E-state index contributed by atoms with van der Waals surface area (Å²) in [6, 6.07) is 10.4. The summed E-state index contributed by atoms with van der Waals surface area (Å²) >= 11 is 0. The molecule has 1 aliphatic heterocycles. The van der Waals surface area contributed by atoms with Crippen molar-refractivity contribution in [3.63, 3.8) is 0 Å². The van der Waals surface area contributed by atoms with Crippen LogP contribution in [0.1, 0.15) is 58.9 Å². The predicted molar refractivity (Wildman–Crippen MR) is 112 cm³/mol. The number of ether oxygens (including phenoxy) is 1. The number of allylic oxidation sites excluding steroid dienone is 3. The lowest BCUT2D eigenvalue weighted by atomic mass is 9.82. The van der Waals surface area contributed by atoms with E-state index in [1.165, 1.54) is 12.7 Å². The van der Waals surface area contributed by atoms with E-state index in [2.05, 4.69) is 62.4 Å². The Morgan fingerprint density at radius 2 is 1.79 bits per heavy atom. The average Bonchev–Trinajstić information content (AvgIpc) is 2.94. The molecule has 1 fully saturated rings. The molecule has 0 aromatic heterocycles. The standard InChI is InChI=1S/C24H34O4/c1-19(14-15-21-12-7-6-8-13-21)10-9-11-20(2)16-23(3)18-24(4,28-27-23)17-22(25)26-5/h6-9,11-15,19-20H,10,16-18H2,1-5H3/b11-9+,15-14+/t19-,20-,23-,24+/m0/s1. The smallest absolute Gasteiger partial charge is 0.308 e. The van der Waals surface area contributed by atoms with Crippen LogP contribution in [0.25, 0.3) is 6.08 Å². The Morgan fingerprint density at radius 1 is 1.11 bits per heavy atom. The molecular weight excluding hydrogens is 352 g/mol. The van der Waals surface area contributed by atoms with Crippen LogP contribution in [0.5, 0.6) is 0 Å². The zero-order valence-corrected chi connectivity index (χ0v) is 17.8.